The van der Waals surface area contributed by atoms with Crippen molar-refractivity contribution in [1.29, 1.82) is 5.26 Å². The van der Waals surface area contributed by atoms with Crippen LogP contribution >= 0.6 is 11.5 Å². The molecule has 1 aromatic heterocycles. The number of aromatic nitrogens is 1. The van der Waals surface area contributed by atoms with Gasteiger partial charge in [0, 0.05) is 11.6 Å². The molecular weight excluding hydrogens is 320 g/mol. The van der Waals surface area contributed by atoms with E-state index < -0.39 is 17.0 Å². The number of hydrogen-bond acceptors (Lipinski definition) is 4. The van der Waals surface area contributed by atoms with Crippen LogP contribution in [0.5, 0.6) is 0 Å². The lowest BCUT2D eigenvalue weighted by molar-refractivity contribution is -0.124. The van der Waals surface area contributed by atoms with Crippen molar-refractivity contribution in [2.24, 2.45) is 0 Å². The number of hydrogen-bond donors (Lipinski definition) is 1. The number of benzene rings is 1. The van der Waals surface area contributed by atoms with Crippen molar-refractivity contribution in [1.82, 2.24) is 4.37 Å². The Morgan fingerprint density at radius 2 is 2.17 bits per heavy atom. The van der Waals surface area contributed by atoms with E-state index in [-0.39, 0.29) is 11.5 Å². The molecule has 0 aliphatic heterocycles. The smallest absolute Gasteiger partial charge is 0.235 e. The summed E-state index contributed by atoms with van der Waals surface area (Å²) in [6, 6.07) is 5.28. The summed E-state index contributed by atoms with van der Waals surface area (Å²) in [5, 5.41) is 12.2. The highest BCUT2D eigenvalue weighted by atomic mass is 32.1. The Balaban J connectivity index is 1.94. The summed E-state index contributed by atoms with van der Waals surface area (Å²) in [5.74, 6) is -1.78. The maximum Gasteiger partial charge on any atom is 0.235 e. The van der Waals surface area contributed by atoms with Gasteiger partial charge in [-0.25, -0.2) is 8.78 Å². The van der Waals surface area contributed by atoms with Gasteiger partial charge in [0.1, 0.15) is 28.3 Å². The zero-order valence-electron chi connectivity index (χ0n) is 12.3. The minimum atomic E-state index is -1.01. The zero-order chi connectivity index (χ0) is 16.6. The van der Waals surface area contributed by atoms with Gasteiger partial charge in [-0.2, -0.15) is 9.64 Å². The normalized spacial score (nSPS) is 15.6. The summed E-state index contributed by atoms with van der Waals surface area (Å²) in [6.07, 6.45) is 1.76. The first-order chi connectivity index (χ1) is 11.0. The van der Waals surface area contributed by atoms with Crippen LogP contribution in [0.4, 0.5) is 13.8 Å². The molecule has 2 aromatic rings. The minimum Gasteiger partial charge on any atom is -0.315 e. The van der Waals surface area contributed by atoms with Crippen LogP contribution in [0, 0.1) is 29.9 Å². The summed E-state index contributed by atoms with van der Waals surface area (Å²) in [6.45, 7) is 1.68. The van der Waals surface area contributed by atoms with Gasteiger partial charge in [0.15, 0.2) is 0 Å². The first-order valence-electron chi connectivity index (χ1n) is 7.11. The third kappa shape index (κ3) is 2.49. The van der Waals surface area contributed by atoms with E-state index in [0.717, 1.165) is 30.1 Å². The number of carbonyl (C=O) groups is 1. The molecule has 0 saturated heterocycles. The zero-order valence-corrected chi connectivity index (χ0v) is 13.1. The van der Waals surface area contributed by atoms with E-state index in [2.05, 4.69) is 9.69 Å². The SMILES string of the molecule is Cc1nsc(NC(=O)C2(c3ccc(F)cc3F)CCC2)c1C#N. The van der Waals surface area contributed by atoms with Gasteiger partial charge in [0.25, 0.3) is 0 Å². The largest absolute Gasteiger partial charge is 0.315 e. The van der Waals surface area contributed by atoms with E-state index in [1.165, 1.54) is 6.07 Å². The third-order valence-electron chi connectivity index (χ3n) is 4.29. The summed E-state index contributed by atoms with van der Waals surface area (Å²) >= 11 is 1.02. The first kappa shape index (κ1) is 15.6. The van der Waals surface area contributed by atoms with Crippen LogP contribution in [-0.4, -0.2) is 10.3 Å². The number of nitriles is 1. The Morgan fingerprint density at radius 1 is 1.43 bits per heavy atom. The molecule has 0 unspecified atom stereocenters. The van der Waals surface area contributed by atoms with Gasteiger partial charge < -0.3 is 5.32 Å². The lowest BCUT2D eigenvalue weighted by atomic mass is 9.63. The second-order valence-corrected chi connectivity index (χ2v) is 6.37. The Hall–Kier alpha value is -2.33. The Bertz CT molecular complexity index is 821. The lowest BCUT2D eigenvalue weighted by Gasteiger charge is -2.40. The maximum atomic E-state index is 14.1. The molecule has 1 aliphatic rings. The average Bonchev–Trinajstić information content (AvgIpc) is 2.80. The van der Waals surface area contributed by atoms with Crippen LogP contribution in [-0.2, 0) is 10.2 Å². The molecule has 23 heavy (non-hydrogen) atoms. The molecule has 0 atom stereocenters. The van der Waals surface area contributed by atoms with Crippen molar-refractivity contribution in [3.63, 3.8) is 0 Å². The summed E-state index contributed by atoms with van der Waals surface area (Å²) in [5.41, 5.74) is 0.0470. The van der Waals surface area contributed by atoms with Crippen molar-refractivity contribution >= 4 is 22.4 Å². The summed E-state index contributed by atoms with van der Waals surface area (Å²) in [4.78, 5) is 12.7. The molecule has 1 amide bonds. The molecular formula is C16H13F2N3OS. The van der Waals surface area contributed by atoms with E-state index in [4.69, 9.17) is 5.26 Å². The molecule has 1 aromatic carbocycles. The van der Waals surface area contributed by atoms with Gasteiger partial charge in [-0.1, -0.05) is 12.5 Å². The molecule has 0 bridgehead atoms. The predicted octanol–water partition coefficient (Wildman–Crippen LogP) is 3.66. The molecule has 1 aliphatic carbocycles. The molecule has 1 fully saturated rings. The quantitative estimate of drug-likeness (QED) is 0.932. The first-order valence-corrected chi connectivity index (χ1v) is 7.88. The Morgan fingerprint density at radius 3 is 2.74 bits per heavy atom. The fourth-order valence-corrected chi connectivity index (χ4v) is 3.58. The number of nitrogens with one attached hydrogen (secondary N) is 1. The number of rotatable bonds is 3. The molecule has 7 heteroatoms. The van der Waals surface area contributed by atoms with Crippen LogP contribution < -0.4 is 5.32 Å². The Kier molecular flexibility index (Phi) is 3.86. The fraction of sp³-hybridized carbons (Fsp3) is 0.312. The van der Waals surface area contributed by atoms with Gasteiger partial charge >= 0.3 is 0 Å². The van der Waals surface area contributed by atoms with E-state index in [9.17, 15) is 13.6 Å². The second-order valence-electron chi connectivity index (χ2n) is 5.60. The molecule has 1 N–H and O–H groups in total. The number of aryl methyl sites for hydroxylation is 1. The van der Waals surface area contributed by atoms with Crippen molar-refractivity contribution in [3.05, 3.63) is 46.7 Å². The molecule has 0 radical (unpaired) electrons. The third-order valence-corrected chi connectivity index (χ3v) is 5.14. The highest BCUT2D eigenvalue weighted by Gasteiger charge is 2.47. The molecule has 4 nitrogen and oxygen atoms in total. The summed E-state index contributed by atoms with van der Waals surface area (Å²) in [7, 11) is 0. The van der Waals surface area contributed by atoms with Gasteiger partial charge in [-0.3, -0.25) is 4.79 Å². The topological polar surface area (TPSA) is 65.8 Å². The van der Waals surface area contributed by atoms with Gasteiger partial charge in [0.2, 0.25) is 5.91 Å². The number of amides is 1. The number of halogens is 2. The van der Waals surface area contributed by atoms with Crippen molar-refractivity contribution in [2.45, 2.75) is 31.6 Å². The van der Waals surface area contributed by atoms with Crippen molar-refractivity contribution < 1.29 is 13.6 Å². The molecule has 3 rings (SSSR count). The number of carbonyl (C=O) groups excluding carboxylic acids is 1. The lowest BCUT2D eigenvalue weighted by Crippen LogP contribution is -2.46. The highest BCUT2D eigenvalue weighted by Crippen LogP contribution is 2.46. The molecule has 118 valence electrons. The highest BCUT2D eigenvalue weighted by molar-refractivity contribution is 7.10. The predicted molar refractivity (Wildman–Crippen MR) is 82.1 cm³/mol. The van der Waals surface area contributed by atoms with E-state index in [1.807, 2.05) is 6.07 Å². The van der Waals surface area contributed by atoms with E-state index >= 15 is 0 Å². The van der Waals surface area contributed by atoms with E-state index in [0.29, 0.717) is 29.1 Å². The molecule has 1 heterocycles. The second kappa shape index (κ2) is 5.70. The standard InChI is InChI=1S/C16H13F2N3OS/c1-9-11(8-19)14(23-21-9)20-15(22)16(5-2-6-16)12-4-3-10(17)7-13(12)18/h3-4,7H,2,5-6H2,1H3,(H,20,22). The molecule has 1 saturated carbocycles. The van der Waals surface area contributed by atoms with Crippen LogP contribution in [0.2, 0.25) is 0 Å². The Labute approximate surface area is 135 Å². The van der Waals surface area contributed by atoms with Gasteiger partial charge in [0.05, 0.1) is 11.1 Å². The van der Waals surface area contributed by atoms with Crippen LogP contribution in [0.3, 0.4) is 0 Å². The van der Waals surface area contributed by atoms with Crippen molar-refractivity contribution in [2.75, 3.05) is 5.32 Å². The van der Waals surface area contributed by atoms with Crippen LogP contribution in [0.25, 0.3) is 0 Å². The minimum absolute atomic E-state index is 0.197. The van der Waals surface area contributed by atoms with Crippen LogP contribution in [0.15, 0.2) is 18.2 Å². The van der Waals surface area contributed by atoms with Crippen molar-refractivity contribution in [3.8, 4) is 6.07 Å². The number of nitrogens with zero attached hydrogens (tertiary/aromatic N) is 2. The summed E-state index contributed by atoms with van der Waals surface area (Å²) < 4.78 is 31.3. The van der Waals surface area contributed by atoms with E-state index in [1.54, 1.807) is 6.92 Å². The fourth-order valence-electron chi connectivity index (χ4n) is 2.84. The molecule has 0 spiro atoms. The monoisotopic (exact) mass is 333 g/mol. The van der Waals surface area contributed by atoms with Gasteiger partial charge in [-0.15, -0.1) is 0 Å². The maximum absolute atomic E-state index is 14.1. The van der Waals surface area contributed by atoms with Gasteiger partial charge in [-0.05, 0) is 37.4 Å². The van der Waals surface area contributed by atoms with Crippen LogP contribution in [0.1, 0.15) is 36.1 Å². The average molecular weight is 333 g/mol. The number of anilines is 1.